The number of hydrogen-bond acceptors (Lipinski definition) is 6. The summed E-state index contributed by atoms with van der Waals surface area (Å²) in [5.41, 5.74) is 3.33. The van der Waals surface area contributed by atoms with Crippen molar-refractivity contribution in [2.75, 3.05) is 19.1 Å². The monoisotopic (exact) mass is 299 g/mol. The summed E-state index contributed by atoms with van der Waals surface area (Å²) in [6, 6.07) is 5.42. The number of anilines is 1. The number of rotatable bonds is 4. The zero-order valence-corrected chi connectivity index (χ0v) is 12.2. The summed E-state index contributed by atoms with van der Waals surface area (Å²) in [6.07, 6.45) is 3.34. The minimum Gasteiger partial charge on any atom is -0.481 e. The van der Waals surface area contributed by atoms with Gasteiger partial charge in [0.05, 0.1) is 25.7 Å². The maximum absolute atomic E-state index is 12.2. The van der Waals surface area contributed by atoms with E-state index < -0.39 is 0 Å². The summed E-state index contributed by atoms with van der Waals surface area (Å²) < 4.78 is 5.06. The number of ether oxygens (including phenoxy) is 1. The fraction of sp³-hybridized carbons (Fsp3) is 0.267. The van der Waals surface area contributed by atoms with E-state index in [-0.39, 0.29) is 5.91 Å². The van der Waals surface area contributed by atoms with Crippen LogP contribution in [0.25, 0.3) is 0 Å². The average molecular weight is 299 g/mol. The number of carbonyl (C=O) groups excluding carboxylic acids is 1. The summed E-state index contributed by atoms with van der Waals surface area (Å²) in [5.74, 6) is 0.319. The van der Waals surface area contributed by atoms with Crippen LogP contribution in [0.3, 0.4) is 0 Å². The Morgan fingerprint density at radius 3 is 3.18 bits per heavy atom. The number of pyridine rings is 2. The van der Waals surface area contributed by atoms with Gasteiger partial charge in [-0.2, -0.15) is 0 Å². The van der Waals surface area contributed by atoms with Crippen LogP contribution >= 0.6 is 0 Å². The molecule has 7 heteroatoms. The van der Waals surface area contributed by atoms with Crippen LogP contribution in [0.4, 0.5) is 5.69 Å². The van der Waals surface area contributed by atoms with E-state index >= 15 is 0 Å². The standard InChI is InChI=1S/C15H17N5O2/c1-22-14-4-10(2-3-17-14)6-19-15(21)12-5-11-7-16-9-20-13(11)8-18-12/h2-5,8,16,20H,6-7,9H2,1H3,(H,19,21). The summed E-state index contributed by atoms with van der Waals surface area (Å²) in [5, 5.41) is 9.21. The number of methoxy groups -OCH3 is 1. The van der Waals surface area contributed by atoms with Crippen LogP contribution in [-0.4, -0.2) is 29.7 Å². The lowest BCUT2D eigenvalue weighted by molar-refractivity contribution is 0.0945. The SMILES string of the molecule is COc1cc(CNC(=O)c2cc3c(cn2)NCNC3)ccn1. The first kappa shape index (κ1) is 14.3. The van der Waals surface area contributed by atoms with Crippen LogP contribution in [0.1, 0.15) is 21.6 Å². The molecule has 3 N–H and O–H groups in total. The van der Waals surface area contributed by atoms with E-state index in [0.29, 0.717) is 24.8 Å². The van der Waals surface area contributed by atoms with Crippen molar-refractivity contribution in [2.24, 2.45) is 0 Å². The van der Waals surface area contributed by atoms with Crippen LogP contribution in [0.15, 0.2) is 30.6 Å². The smallest absolute Gasteiger partial charge is 0.270 e. The summed E-state index contributed by atoms with van der Waals surface area (Å²) in [6.45, 7) is 1.84. The second kappa shape index (κ2) is 6.40. The van der Waals surface area contributed by atoms with E-state index in [1.54, 1.807) is 31.6 Å². The molecule has 0 unspecified atom stereocenters. The number of carbonyl (C=O) groups is 1. The van der Waals surface area contributed by atoms with Gasteiger partial charge >= 0.3 is 0 Å². The summed E-state index contributed by atoms with van der Waals surface area (Å²) in [7, 11) is 1.56. The minimum atomic E-state index is -0.204. The Morgan fingerprint density at radius 2 is 2.32 bits per heavy atom. The second-order valence-corrected chi connectivity index (χ2v) is 4.90. The van der Waals surface area contributed by atoms with E-state index in [9.17, 15) is 4.79 Å². The zero-order valence-electron chi connectivity index (χ0n) is 12.2. The maximum Gasteiger partial charge on any atom is 0.270 e. The van der Waals surface area contributed by atoms with Crippen molar-refractivity contribution in [1.82, 2.24) is 20.6 Å². The van der Waals surface area contributed by atoms with Gasteiger partial charge in [0.15, 0.2) is 0 Å². The van der Waals surface area contributed by atoms with Crippen LogP contribution in [0, 0.1) is 0 Å². The van der Waals surface area contributed by atoms with Crippen molar-refractivity contribution in [2.45, 2.75) is 13.1 Å². The number of hydrogen-bond donors (Lipinski definition) is 3. The summed E-state index contributed by atoms with van der Waals surface area (Å²) in [4.78, 5) is 20.4. The van der Waals surface area contributed by atoms with Crippen LogP contribution < -0.4 is 20.7 Å². The Hall–Kier alpha value is -2.67. The lowest BCUT2D eigenvalue weighted by Gasteiger charge is -2.19. The fourth-order valence-corrected chi connectivity index (χ4v) is 2.23. The molecule has 0 spiro atoms. The molecule has 3 rings (SSSR count). The second-order valence-electron chi connectivity index (χ2n) is 4.90. The van der Waals surface area contributed by atoms with Crippen molar-refractivity contribution in [1.29, 1.82) is 0 Å². The van der Waals surface area contributed by atoms with Gasteiger partial charge in [-0.3, -0.25) is 10.1 Å². The molecule has 2 aromatic heterocycles. The largest absolute Gasteiger partial charge is 0.481 e. The normalized spacial score (nSPS) is 13.0. The van der Waals surface area contributed by atoms with Gasteiger partial charge in [-0.1, -0.05) is 0 Å². The van der Waals surface area contributed by atoms with Crippen molar-refractivity contribution in [3.63, 3.8) is 0 Å². The van der Waals surface area contributed by atoms with Crippen molar-refractivity contribution in [3.05, 3.63) is 47.4 Å². The molecule has 114 valence electrons. The Bertz CT molecular complexity index is 689. The molecule has 0 aliphatic carbocycles. The Kier molecular flexibility index (Phi) is 4.15. The first-order valence-electron chi connectivity index (χ1n) is 6.97. The van der Waals surface area contributed by atoms with Gasteiger partial charge in [-0.15, -0.1) is 0 Å². The van der Waals surface area contributed by atoms with Crippen LogP contribution in [0.5, 0.6) is 5.88 Å². The fourth-order valence-electron chi connectivity index (χ4n) is 2.23. The van der Waals surface area contributed by atoms with Crippen LogP contribution in [0.2, 0.25) is 0 Å². The molecule has 2 aromatic rings. The van der Waals surface area contributed by atoms with E-state index in [0.717, 1.165) is 23.4 Å². The van der Waals surface area contributed by atoms with Crippen molar-refractivity contribution >= 4 is 11.6 Å². The number of amides is 1. The van der Waals surface area contributed by atoms with Gasteiger partial charge in [-0.25, -0.2) is 9.97 Å². The topological polar surface area (TPSA) is 88.2 Å². The van der Waals surface area contributed by atoms with E-state index in [1.807, 2.05) is 6.07 Å². The number of aromatic nitrogens is 2. The van der Waals surface area contributed by atoms with E-state index in [1.165, 1.54) is 0 Å². The highest BCUT2D eigenvalue weighted by molar-refractivity contribution is 5.92. The molecule has 0 saturated heterocycles. The molecule has 0 atom stereocenters. The molecule has 3 heterocycles. The van der Waals surface area contributed by atoms with Crippen LogP contribution in [-0.2, 0) is 13.1 Å². The van der Waals surface area contributed by atoms with E-state index in [4.69, 9.17) is 4.74 Å². The first-order valence-corrected chi connectivity index (χ1v) is 6.97. The van der Waals surface area contributed by atoms with Gasteiger partial charge in [0, 0.05) is 25.4 Å². The molecule has 0 bridgehead atoms. The number of nitrogens with zero attached hydrogens (tertiary/aromatic N) is 2. The molecular formula is C15H17N5O2. The average Bonchev–Trinajstić information content (AvgIpc) is 2.59. The Morgan fingerprint density at radius 1 is 1.41 bits per heavy atom. The third-order valence-corrected chi connectivity index (χ3v) is 3.40. The van der Waals surface area contributed by atoms with Gasteiger partial charge in [0.25, 0.3) is 5.91 Å². The first-order chi connectivity index (χ1) is 10.8. The minimum absolute atomic E-state index is 0.204. The van der Waals surface area contributed by atoms with Gasteiger partial charge in [0.1, 0.15) is 5.69 Å². The Balaban J connectivity index is 1.66. The molecule has 7 nitrogen and oxygen atoms in total. The molecular weight excluding hydrogens is 282 g/mol. The van der Waals surface area contributed by atoms with E-state index in [2.05, 4.69) is 25.9 Å². The predicted octanol–water partition coefficient (Wildman–Crippen LogP) is 0.888. The van der Waals surface area contributed by atoms with Gasteiger partial charge in [-0.05, 0) is 23.3 Å². The Labute approximate surface area is 128 Å². The number of fused-ring (bicyclic) bond motifs is 1. The van der Waals surface area contributed by atoms with Crippen molar-refractivity contribution in [3.8, 4) is 5.88 Å². The maximum atomic E-state index is 12.2. The zero-order chi connectivity index (χ0) is 15.4. The molecule has 1 amide bonds. The molecule has 0 aromatic carbocycles. The quantitative estimate of drug-likeness (QED) is 0.777. The molecule has 0 fully saturated rings. The number of nitrogens with one attached hydrogen (secondary N) is 3. The predicted molar refractivity (Wildman–Crippen MR) is 81.5 cm³/mol. The van der Waals surface area contributed by atoms with Gasteiger partial charge < -0.3 is 15.4 Å². The van der Waals surface area contributed by atoms with Gasteiger partial charge in [0.2, 0.25) is 5.88 Å². The third kappa shape index (κ3) is 3.15. The molecule has 22 heavy (non-hydrogen) atoms. The molecule has 1 aliphatic rings. The highest BCUT2D eigenvalue weighted by atomic mass is 16.5. The lowest BCUT2D eigenvalue weighted by Crippen LogP contribution is -2.29. The van der Waals surface area contributed by atoms with Crippen molar-refractivity contribution < 1.29 is 9.53 Å². The third-order valence-electron chi connectivity index (χ3n) is 3.40. The lowest BCUT2D eigenvalue weighted by atomic mass is 10.1. The highest BCUT2D eigenvalue weighted by Crippen LogP contribution is 2.17. The molecule has 1 aliphatic heterocycles. The summed E-state index contributed by atoms with van der Waals surface area (Å²) >= 11 is 0. The highest BCUT2D eigenvalue weighted by Gasteiger charge is 2.13. The molecule has 0 radical (unpaired) electrons. The molecule has 0 saturated carbocycles.